The molecule has 0 aliphatic carbocycles. The Kier molecular flexibility index (Phi) is 23.0. The molecule has 0 aliphatic rings. The lowest BCUT2D eigenvalue weighted by atomic mass is 10.0. The van der Waals surface area contributed by atoms with Gasteiger partial charge < -0.3 is 0 Å². The van der Waals surface area contributed by atoms with Gasteiger partial charge in [0.2, 0.25) is 0 Å². The fourth-order valence-electron chi connectivity index (χ4n) is 4.38. The zero-order chi connectivity index (χ0) is 30.2. The predicted octanol–water partition coefficient (Wildman–Crippen LogP) is 13.8. The van der Waals surface area contributed by atoms with Crippen molar-refractivity contribution >= 4 is 0 Å². The summed E-state index contributed by atoms with van der Waals surface area (Å²) in [5.41, 5.74) is 11.8. The average molecular weight is 545 g/mol. The van der Waals surface area contributed by atoms with Crippen LogP contribution in [0.1, 0.15) is 146 Å². The smallest absolute Gasteiger partial charge is 0.0285 e. The normalized spacial score (nSPS) is 14.2. The highest BCUT2D eigenvalue weighted by Gasteiger charge is 1.95. The van der Waals surface area contributed by atoms with Gasteiger partial charge in [0.1, 0.15) is 0 Å². The summed E-state index contributed by atoms with van der Waals surface area (Å²) in [5, 5.41) is 0. The highest BCUT2D eigenvalue weighted by atomic mass is 14.0. The van der Waals surface area contributed by atoms with E-state index in [1.165, 1.54) is 83.1 Å². The maximum absolute atomic E-state index is 2.43. The Labute approximate surface area is 251 Å². The molecule has 0 heteroatoms. The summed E-state index contributed by atoms with van der Waals surface area (Å²) in [7, 11) is 0. The van der Waals surface area contributed by atoms with Gasteiger partial charge in [0.05, 0.1) is 0 Å². The van der Waals surface area contributed by atoms with E-state index in [9.17, 15) is 0 Å². The topological polar surface area (TPSA) is 0 Å². The van der Waals surface area contributed by atoms with E-state index in [0.29, 0.717) is 0 Å². The molecule has 0 aliphatic heterocycles. The molecule has 0 nitrogen and oxygen atoms in total. The van der Waals surface area contributed by atoms with Crippen molar-refractivity contribution in [2.75, 3.05) is 0 Å². The van der Waals surface area contributed by atoms with Crippen molar-refractivity contribution in [3.63, 3.8) is 0 Å². The van der Waals surface area contributed by atoms with E-state index in [1.54, 1.807) is 0 Å². The van der Waals surface area contributed by atoms with Crippen LogP contribution in [0.5, 0.6) is 0 Å². The van der Waals surface area contributed by atoms with Crippen LogP contribution in [-0.2, 0) is 0 Å². The van der Waals surface area contributed by atoms with Gasteiger partial charge in [-0.05, 0) is 146 Å². The molecule has 0 N–H and O–H groups in total. The molecule has 0 saturated carbocycles. The van der Waals surface area contributed by atoms with Gasteiger partial charge in [-0.3, -0.25) is 0 Å². The minimum atomic E-state index is 1.14. The van der Waals surface area contributed by atoms with Gasteiger partial charge in [-0.15, -0.1) is 0 Å². The first-order chi connectivity index (χ1) is 19.0. The van der Waals surface area contributed by atoms with Crippen LogP contribution < -0.4 is 0 Å². The fraction of sp³-hybridized carbons (Fsp3) is 0.550. The van der Waals surface area contributed by atoms with Gasteiger partial charge in [-0.2, -0.15) is 0 Å². The molecule has 0 heterocycles. The van der Waals surface area contributed by atoms with Crippen molar-refractivity contribution in [1.82, 2.24) is 0 Å². The lowest BCUT2D eigenvalue weighted by Gasteiger charge is -2.02. The molecule has 0 bridgehead atoms. The Morgan fingerprint density at radius 3 is 0.775 bits per heavy atom. The third kappa shape index (κ3) is 25.9. The summed E-state index contributed by atoms with van der Waals surface area (Å²) in [4.78, 5) is 0. The molecule has 0 fully saturated rings. The van der Waals surface area contributed by atoms with E-state index in [-0.39, 0.29) is 0 Å². The Hall–Kier alpha value is -2.34. The quantitative estimate of drug-likeness (QED) is 0.106. The molecule has 0 saturated heterocycles. The van der Waals surface area contributed by atoms with Crippen molar-refractivity contribution in [1.29, 1.82) is 0 Å². The van der Waals surface area contributed by atoms with Crippen molar-refractivity contribution in [2.24, 2.45) is 0 Å². The largest absolute Gasteiger partial charge is 0.0856 e. The summed E-state index contributed by atoms with van der Waals surface area (Å²) in [5.74, 6) is 0. The van der Waals surface area contributed by atoms with E-state index in [2.05, 4.69) is 130 Å². The maximum Gasteiger partial charge on any atom is -0.0285 e. The van der Waals surface area contributed by atoms with Crippen LogP contribution in [0.3, 0.4) is 0 Å². The summed E-state index contributed by atoms with van der Waals surface area (Å²) in [6, 6.07) is 0. The van der Waals surface area contributed by atoms with Gasteiger partial charge >= 0.3 is 0 Å². The number of rotatable bonds is 20. The molecule has 0 aromatic heterocycles. The van der Waals surface area contributed by atoms with Gasteiger partial charge in [0.25, 0.3) is 0 Å². The maximum atomic E-state index is 2.43. The molecule has 0 rings (SSSR count). The molecule has 0 amide bonds. The van der Waals surface area contributed by atoms with Crippen LogP contribution in [0.4, 0.5) is 0 Å². The Morgan fingerprint density at radius 2 is 0.525 bits per heavy atom. The monoisotopic (exact) mass is 545 g/mol. The molecule has 0 unspecified atom stereocenters. The fourth-order valence-corrected chi connectivity index (χ4v) is 4.38. The minimum Gasteiger partial charge on any atom is -0.0856 e. The van der Waals surface area contributed by atoms with Crippen molar-refractivity contribution in [3.05, 3.63) is 105 Å². The Bertz CT molecular complexity index is 887. The van der Waals surface area contributed by atoms with Gasteiger partial charge in [0, 0.05) is 0 Å². The second-order valence-corrected chi connectivity index (χ2v) is 12.4. The van der Waals surface area contributed by atoms with Crippen LogP contribution in [0.15, 0.2) is 105 Å². The first-order valence-corrected chi connectivity index (χ1v) is 15.9. The molecule has 224 valence electrons. The third-order valence-electron chi connectivity index (χ3n) is 7.18. The van der Waals surface area contributed by atoms with E-state index < -0.39 is 0 Å². The highest BCUT2D eigenvalue weighted by Crippen LogP contribution is 2.15. The highest BCUT2D eigenvalue weighted by molar-refractivity contribution is 5.19. The van der Waals surface area contributed by atoms with Crippen LogP contribution in [0.2, 0.25) is 0 Å². The summed E-state index contributed by atoms with van der Waals surface area (Å²) < 4.78 is 0. The zero-order valence-electron chi connectivity index (χ0n) is 28.3. The molecular weight excluding hydrogens is 480 g/mol. The summed E-state index contributed by atoms with van der Waals surface area (Å²) in [6.07, 6.45) is 37.2. The second kappa shape index (κ2) is 24.5. The molecule has 40 heavy (non-hydrogen) atoms. The SMILES string of the molecule is CC(C)=CCC/C(C)=C/CC/C(C)=C\CC\C(C)=C/C=C/C=C(/C)CC/C=C(/C)CC/C=C(\C)CCC=C(C)C. The lowest BCUT2D eigenvalue weighted by molar-refractivity contribution is 0.900. The van der Waals surface area contributed by atoms with Gasteiger partial charge in [-0.25, -0.2) is 0 Å². The molecular formula is C40H64. The second-order valence-electron chi connectivity index (χ2n) is 12.4. The first kappa shape index (κ1) is 37.7. The predicted molar refractivity (Wildman–Crippen MR) is 186 cm³/mol. The van der Waals surface area contributed by atoms with E-state index in [0.717, 1.165) is 38.5 Å². The molecule has 0 aromatic carbocycles. The van der Waals surface area contributed by atoms with Crippen molar-refractivity contribution in [3.8, 4) is 0 Å². The number of hydrogen-bond acceptors (Lipinski definition) is 0. The average Bonchev–Trinajstić information content (AvgIpc) is 2.86. The lowest BCUT2D eigenvalue weighted by Crippen LogP contribution is -1.82. The number of hydrogen-bond donors (Lipinski definition) is 0. The van der Waals surface area contributed by atoms with E-state index in [1.807, 2.05) is 0 Å². The van der Waals surface area contributed by atoms with E-state index in [4.69, 9.17) is 0 Å². The van der Waals surface area contributed by atoms with Crippen LogP contribution >= 0.6 is 0 Å². The molecule has 0 atom stereocenters. The summed E-state index contributed by atoms with van der Waals surface area (Å²) in [6.45, 7) is 22.3. The van der Waals surface area contributed by atoms with Crippen molar-refractivity contribution < 1.29 is 0 Å². The van der Waals surface area contributed by atoms with Gasteiger partial charge in [0.15, 0.2) is 0 Å². The minimum absolute atomic E-state index is 1.14. The van der Waals surface area contributed by atoms with E-state index >= 15 is 0 Å². The summed E-state index contributed by atoms with van der Waals surface area (Å²) >= 11 is 0. The molecule has 0 spiro atoms. The van der Waals surface area contributed by atoms with Gasteiger partial charge in [-0.1, -0.05) is 105 Å². The van der Waals surface area contributed by atoms with Crippen LogP contribution in [0.25, 0.3) is 0 Å². The molecule has 0 radical (unpaired) electrons. The number of allylic oxidation sites excluding steroid dienone is 18. The Morgan fingerprint density at radius 1 is 0.300 bits per heavy atom. The first-order valence-electron chi connectivity index (χ1n) is 15.9. The third-order valence-corrected chi connectivity index (χ3v) is 7.18. The standard InChI is InChI=1S/C40H64/c1-33(2)19-13-23-37(7)27-17-31-39(9)29-15-25-35(5)21-11-12-22-36(6)26-16-30-40(10)32-18-28-38(8)24-14-20-34(3)4/h11-12,19-22,27-30H,13-18,23-26,31-32H2,1-10H3/b12-11+,35-21-,36-22-,37-27+,38-28+,39-29-,40-30-. The Balaban J connectivity index is 4.27. The van der Waals surface area contributed by atoms with Crippen LogP contribution in [0, 0.1) is 0 Å². The van der Waals surface area contributed by atoms with Crippen molar-refractivity contribution in [2.45, 2.75) is 146 Å². The molecule has 0 aromatic rings. The van der Waals surface area contributed by atoms with Crippen LogP contribution in [-0.4, -0.2) is 0 Å². The zero-order valence-corrected chi connectivity index (χ0v) is 28.3.